The third kappa shape index (κ3) is 5.72. The predicted molar refractivity (Wildman–Crippen MR) is 74.4 cm³/mol. The van der Waals surface area contributed by atoms with Gasteiger partial charge >= 0.3 is 5.97 Å². The molecule has 7 nitrogen and oxygen atoms in total. The van der Waals surface area contributed by atoms with Gasteiger partial charge in [-0.25, -0.2) is 22.9 Å². The highest BCUT2D eigenvalue weighted by molar-refractivity contribution is 7.88. The van der Waals surface area contributed by atoms with Crippen molar-refractivity contribution in [2.45, 2.75) is 6.42 Å². The Morgan fingerprint density at radius 1 is 1.47 bits per heavy atom. The van der Waals surface area contributed by atoms with Crippen molar-refractivity contribution in [1.29, 1.82) is 0 Å². The minimum atomic E-state index is -3.16. The first-order valence-corrected chi connectivity index (χ1v) is 8.35. The predicted octanol–water partition coefficient (Wildman–Crippen LogP) is 0.934. The number of aromatic nitrogens is 1. The van der Waals surface area contributed by atoms with Crippen molar-refractivity contribution in [3.05, 3.63) is 10.0 Å². The Bertz CT molecular complexity index is 544. The Labute approximate surface area is 120 Å². The fourth-order valence-electron chi connectivity index (χ4n) is 1.14. The zero-order valence-corrected chi connectivity index (χ0v) is 12.8. The Balaban J connectivity index is 2.40. The van der Waals surface area contributed by atoms with E-state index in [0.29, 0.717) is 24.6 Å². The second kappa shape index (κ2) is 7.04. The summed E-state index contributed by atoms with van der Waals surface area (Å²) >= 11 is 6.87. The lowest BCUT2D eigenvalue weighted by Crippen LogP contribution is -2.24. The third-order valence-electron chi connectivity index (χ3n) is 1.95. The maximum absolute atomic E-state index is 11.3. The number of thiazole rings is 1. The second-order valence-electron chi connectivity index (χ2n) is 3.58. The van der Waals surface area contributed by atoms with Crippen LogP contribution in [0.1, 0.15) is 16.1 Å². The van der Waals surface area contributed by atoms with Gasteiger partial charge in [-0.15, -0.1) is 0 Å². The summed E-state index contributed by atoms with van der Waals surface area (Å²) in [7, 11) is -1.89. The molecule has 1 heterocycles. The van der Waals surface area contributed by atoms with Crippen LogP contribution in [0.15, 0.2) is 0 Å². The minimum Gasteiger partial charge on any atom is -0.465 e. The first-order chi connectivity index (χ1) is 8.83. The number of hydrogen-bond donors (Lipinski definition) is 2. The van der Waals surface area contributed by atoms with Crippen LogP contribution < -0.4 is 10.0 Å². The summed E-state index contributed by atoms with van der Waals surface area (Å²) in [5.74, 6) is -0.533. The van der Waals surface area contributed by atoms with Crippen LogP contribution in [0.5, 0.6) is 0 Å². The zero-order valence-electron chi connectivity index (χ0n) is 10.4. The van der Waals surface area contributed by atoms with Crippen LogP contribution in [-0.4, -0.2) is 45.8 Å². The van der Waals surface area contributed by atoms with Crippen molar-refractivity contribution in [2.24, 2.45) is 0 Å². The summed E-state index contributed by atoms with van der Waals surface area (Å²) in [6.07, 6.45) is 1.68. The minimum absolute atomic E-state index is 0.0913. The molecule has 0 saturated carbocycles. The van der Waals surface area contributed by atoms with Crippen LogP contribution in [0.25, 0.3) is 0 Å². The fraction of sp³-hybridized carbons (Fsp3) is 0.556. The van der Waals surface area contributed by atoms with Gasteiger partial charge in [-0.05, 0) is 6.42 Å². The highest BCUT2D eigenvalue weighted by Crippen LogP contribution is 2.27. The van der Waals surface area contributed by atoms with Gasteiger partial charge in [0.05, 0.1) is 13.4 Å². The van der Waals surface area contributed by atoms with Gasteiger partial charge in [-0.3, -0.25) is 0 Å². The van der Waals surface area contributed by atoms with Gasteiger partial charge in [-0.2, -0.15) is 0 Å². The standard InChI is InChI=1S/C9H14ClN3O4S2/c1-17-8(14)6-7(10)13-9(18-6)11-4-3-5-12-19(2,15)16/h12H,3-5H2,1-2H3,(H,11,13). The number of halogens is 1. The maximum atomic E-state index is 11.3. The monoisotopic (exact) mass is 327 g/mol. The lowest BCUT2D eigenvalue weighted by molar-refractivity contribution is 0.0606. The number of ether oxygens (including phenoxy) is 1. The molecule has 0 aliphatic heterocycles. The maximum Gasteiger partial charge on any atom is 0.351 e. The van der Waals surface area contributed by atoms with E-state index in [9.17, 15) is 13.2 Å². The van der Waals surface area contributed by atoms with E-state index in [-0.39, 0.29) is 10.0 Å². The molecule has 10 heteroatoms. The molecule has 0 radical (unpaired) electrons. The third-order valence-corrected chi connectivity index (χ3v) is 4.06. The van der Waals surface area contributed by atoms with Crippen molar-refractivity contribution in [2.75, 3.05) is 31.8 Å². The van der Waals surface area contributed by atoms with Crippen molar-refractivity contribution >= 4 is 44.1 Å². The molecule has 2 N–H and O–H groups in total. The first kappa shape index (κ1) is 16.2. The number of rotatable bonds is 7. The van der Waals surface area contributed by atoms with Crippen molar-refractivity contribution in [1.82, 2.24) is 9.71 Å². The van der Waals surface area contributed by atoms with Crippen molar-refractivity contribution in [3.8, 4) is 0 Å². The van der Waals surface area contributed by atoms with Crippen LogP contribution in [0, 0.1) is 0 Å². The van der Waals surface area contributed by atoms with Crippen LogP contribution in [0.4, 0.5) is 5.13 Å². The number of carbonyl (C=O) groups is 1. The van der Waals surface area contributed by atoms with Gasteiger partial charge in [0.15, 0.2) is 15.2 Å². The first-order valence-electron chi connectivity index (χ1n) is 5.26. The highest BCUT2D eigenvalue weighted by atomic mass is 35.5. The van der Waals surface area contributed by atoms with Gasteiger partial charge in [0.2, 0.25) is 10.0 Å². The molecule has 0 saturated heterocycles. The molecule has 1 aromatic rings. The van der Waals surface area contributed by atoms with E-state index in [0.717, 1.165) is 17.6 Å². The smallest absolute Gasteiger partial charge is 0.351 e. The van der Waals surface area contributed by atoms with E-state index < -0.39 is 16.0 Å². The van der Waals surface area contributed by atoms with Gasteiger partial charge < -0.3 is 10.1 Å². The van der Waals surface area contributed by atoms with E-state index in [1.807, 2.05) is 0 Å². The van der Waals surface area contributed by atoms with Crippen LogP contribution in [-0.2, 0) is 14.8 Å². The zero-order chi connectivity index (χ0) is 14.5. The van der Waals surface area contributed by atoms with Crippen LogP contribution in [0.3, 0.4) is 0 Å². The molecule has 1 aromatic heterocycles. The average Bonchev–Trinajstić information content (AvgIpc) is 2.67. The molecule has 108 valence electrons. The molecule has 0 atom stereocenters. The van der Waals surface area contributed by atoms with E-state index in [1.165, 1.54) is 7.11 Å². The number of nitrogens with zero attached hydrogens (tertiary/aromatic N) is 1. The Kier molecular flexibility index (Phi) is 5.98. The number of nitrogens with one attached hydrogen (secondary N) is 2. The molecule has 0 spiro atoms. The van der Waals surface area contributed by atoms with Gasteiger partial charge in [0, 0.05) is 13.1 Å². The molecular weight excluding hydrogens is 314 g/mol. The summed E-state index contributed by atoms with van der Waals surface area (Å²) in [4.78, 5) is 15.5. The molecular formula is C9H14ClN3O4S2. The van der Waals surface area contributed by atoms with Gasteiger partial charge in [0.1, 0.15) is 0 Å². The summed E-state index contributed by atoms with van der Waals surface area (Å²) in [6, 6.07) is 0. The van der Waals surface area contributed by atoms with Gasteiger partial charge in [0.25, 0.3) is 0 Å². The second-order valence-corrected chi connectivity index (χ2v) is 6.77. The normalized spacial score (nSPS) is 11.3. The summed E-state index contributed by atoms with van der Waals surface area (Å²) < 4.78 is 28.5. The molecule has 1 rings (SSSR count). The summed E-state index contributed by atoms with van der Waals surface area (Å²) in [6.45, 7) is 0.835. The number of hydrogen-bond acceptors (Lipinski definition) is 7. The molecule has 0 aromatic carbocycles. The largest absolute Gasteiger partial charge is 0.465 e. The lowest BCUT2D eigenvalue weighted by atomic mass is 10.4. The Hall–Kier alpha value is -0.900. The quantitative estimate of drug-likeness (QED) is 0.571. The van der Waals surface area contributed by atoms with E-state index in [2.05, 4.69) is 19.8 Å². The molecule has 0 bridgehead atoms. The summed E-state index contributed by atoms with van der Waals surface area (Å²) in [5, 5.41) is 3.53. The van der Waals surface area contributed by atoms with Crippen molar-refractivity contribution in [3.63, 3.8) is 0 Å². The van der Waals surface area contributed by atoms with E-state index in [4.69, 9.17) is 11.6 Å². The molecule has 19 heavy (non-hydrogen) atoms. The van der Waals surface area contributed by atoms with Crippen molar-refractivity contribution < 1.29 is 17.9 Å². The SMILES string of the molecule is COC(=O)c1sc(NCCCNS(C)(=O)=O)nc1Cl. The van der Waals surface area contributed by atoms with E-state index >= 15 is 0 Å². The molecule has 0 amide bonds. The molecule has 0 aliphatic carbocycles. The van der Waals surface area contributed by atoms with Crippen LogP contribution >= 0.6 is 22.9 Å². The Morgan fingerprint density at radius 2 is 2.16 bits per heavy atom. The summed E-state index contributed by atoms with van der Waals surface area (Å²) in [5.41, 5.74) is 0. The average molecular weight is 328 g/mol. The number of sulfonamides is 1. The van der Waals surface area contributed by atoms with Crippen LogP contribution in [0.2, 0.25) is 5.15 Å². The van der Waals surface area contributed by atoms with Gasteiger partial charge in [-0.1, -0.05) is 22.9 Å². The number of carbonyl (C=O) groups excluding carboxylic acids is 1. The number of methoxy groups -OCH3 is 1. The molecule has 0 fully saturated rings. The number of esters is 1. The highest BCUT2D eigenvalue weighted by Gasteiger charge is 2.16. The Morgan fingerprint density at radius 3 is 2.74 bits per heavy atom. The molecule has 0 aliphatic rings. The lowest BCUT2D eigenvalue weighted by Gasteiger charge is -2.03. The van der Waals surface area contributed by atoms with E-state index in [1.54, 1.807) is 0 Å². The molecule has 0 unspecified atom stereocenters. The topological polar surface area (TPSA) is 97.4 Å². The number of anilines is 1. The fourth-order valence-corrected chi connectivity index (χ4v) is 2.78.